The standard InChI is InChI=1S/C11H14N2O4/c1-7(14)17-11-9(15-2)4-8(6-13-12)5-10(11)16-3/h4-6H,12H2,1-3H3/b13-6-. The quantitative estimate of drug-likeness (QED) is 0.277. The molecule has 0 aliphatic carbocycles. The number of hydrazone groups is 1. The molecule has 0 bridgehead atoms. The second-order valence-electron chi connectivity index (χ2n) is 3.13. The van der Waals surface area contributed by atoms with Crippen molar-refractivity contribution in [2.75, 3.05) is 14.2 Å². The fourth-order valence-electron chi connectivity index (χ4n) is 1.31. The second kappa shape index (κ2) is 5.74. The van der Waals surface area contributed by atoms with Crippen LogP contribution in [0, 0.1) is 0 Å². The fraction of sp³-hybridized carbons (Fsp3) is 0.273. The molecule has 0 saturated carbocycles. The first kappa shape index (κ1) is 12.8. The first-order valence-corrected chi connectivity index (χ1v) is 4.80. The molecule has 0 saturated heterocycles. The number of benzene rings is 1. The van der Waals surface area contributed by atoms with Crippen molar-refractivity contribution in [2.24, 2.45) is 10.9 Å². The molecule has 0 aromatic heterocycles. The summed E-state index contributed by atoms with van der Waals surface area (Å²) in [7, 11) is 2.93. The van der Waals surface area contributed by atoms with E-state index in [0.717, 1.165) is 0 Å². The molecule has 0 fully saturated rings. The van der Waals surface area contributed by atoms with Crippen LogP contribution in [0.1, 0.15) is 12.5 Å². The first-order chi connectivity index (χ1) is 8.12. The average Bonchev–Trinajstić information content (AvgIpc) is 2.30. The molecule has 0 spiro atoms. The van der Waals surface area contributed by atoms with E-state index in [1.165, 1.54) is 27.4 Å². The van der Waals surface area contributed by atoms with Crippen LogP contribution in [-0.2, 0) is 4.79 Å². The van der Waals surface area contributed by atoms with Crippen molar-refractivity contribution < 1.29 is 19.0 Å². The SMILES string of the molecule is COc1cc(/C=N\N)cc(OC)c1OC(C)=O. The lowest BCUT2D eigenvalue weighted by Crippen LogP contribution is -2.05. The molecule has 2 N–H and O–H groups in total. The smallest absolute Gasteiger partial charge is 0.308 e. The van der Waals surface area contributed by atoms with E-state index in [0.29, 0.717) is 17.1 Å². The van der Waals surface area contributed by atoms with Gasteiger partial charge in [-0.3, -0.25) is 4.79 Å². The highest BCUT2D eigenvalue weighted by Crippen LogP contribution is 2.38. The van der Waals surface area contributed by atoms with Crippen LogP contribution in [0.2, 0.25) is 0 Å². The van der Waals surface area contributed by atoms with E-state index in [2.05, 4.69) is 5.10 Å². The molecule has 92 valence electrons. The molecule has 1 aromatic rings. The maximum absolute atomic E-state index is 11.0. The van der Waals surface area contributed by atoms with E-state index in [-0.39, 0.29) is 5.75 Å². The van der Waals surface area contributed by atoms with Gasteiger partial charge in [0.05, 0.1) is 20.4 Å². The van der Waals surface area contributed by atoms with E-state index in [1.54, 1.807) is 12.1 Å². The van der Waals surface area contributed by atoms with Crippen molar-refractivity contribution in [1.29, 1.82) is 0 Å². The molecule has 0 unspecified atom stereocenters. The van der Waals surface area contributed by atoms with Gasteiger partial charge < -0.3 is 20.1 Å². The lowest BCUT2D eigenvalue weighted by Gasteiger charge is -2.12. The number of methoxy groups -OCH3 is 2. The number of rotatable bonds is 4. The molecule has 6 nitrogen and oxygen atoms in total. The van der Waals surface area contributed by atoms with Crippen LogP contribution < -0.4 is 20.1 Å². The average molecular weight is 238 g/mol. The minimum Gasteiger partial charge on any atom is -0.493 e. The van der Waals surface area contributed by atoms with Gasteiger partial charge in [-0.05, 0) is 12.1 Å². The number of esters is 1. The topological polar surface area (TPSA) is 83.1 Å². The normalized spacial score (nSPS) is 10.3. The molecule has 0 radical (unpaired) electrons. The number of ether oxygens (including phenoxy) is 3. The third-order valence-electron chi connectivity index (χ3n) is 1.95. The molecule has 0 aliphatic heterocycles. The van der Waals surface area contributed by atoms with Gasteiger partial charge in [-0.2, -0.15) is 5.10 Å². The molecule has 0 aliphatic rings. The Labute approximate surface area is 99.0 Å². The highest BCUT2D eigenvalue weighted by atomic mass is 16.6. The number of nitrogens with zero attached hydrogens (tertiary/aromatic N) is 1. The Morgan fingerprint density at radius 3 is 2.18 bits per heavy atom. The summed E-state index contributed by atoms with van der Waals surface area (Å²) in [6, 6.07) is 3.27. The number of hydrogen-bond acceptors (Lipinski definition) is 6. The van der Waals surface area contributed by atoms with Gasteiger partial charge in [0.15, 0.2) is 11.5 Å². The van der Waals surface area contributed by atoms with Crippen molar-refractivity contribution in [1.82, 2.24) is 0 Å². The zero-order chi connectivity index (χ0) is 12.8. The van der Waals surface area contributed by atoms with Gasteiger partial charge in [-0.25, -0.2) is 0 Å². The van der Waals surface area contributed by atoms with Crippen LogP contribution in [0.15, 0.2) is 17.2 Å². The van der Waals surface area contributed by atoms with Crippen molar-refractivity contribution in [3.05, 3.63) is 17.7 Å². The summed E-state index contributed by atoms with van der Waals surface area (Å²) in [5, 5.41) is 3.40. The van der Waals surface area contributed by atoms with Gasteiger partial charge >= 0.3 is 5.97 Å². The predicted molar refractivity (Wildman–Crippen MR) is 62.6 cm³/mol. The van der Waals surface area contributed by atoms with Crippen molar-refractivity contribution in [3.8, 4) is 17.2 Å². The highest BCUT2D eigenvalue weighted by Gasteiger charge is 2.15. The minimum absolute atomic E-state index is 0.233. The molecule has 0 atom stereocenters. The van der Waals surface area contributed by atoms with Crippen LogP contribution >= 0.6 is 0 Å². The summed E-state index contributed by atoms with van der Waals surface area (Å²) in [4.78, 5) is 11.0. The maximum atomic E-state index is 11.0. The largest absolute Gasteiger partial charge is 0.493 e. The number of carbonyl (C=O) groups is 1. The van der Waals surface area contributed by atoms with Crippen molar-refractivity contribution >= 4 is 12.2 Å². The summed E-state index contributed by atoms with van der Waals surface area (Å²) in [5.41, 5.74) is 0.678. The van der Waals surface area contributed by atoms with Gasteiger partial charge in [0.2, 0.25) is 5.75 Å². The minimum atomic E-state index is -0.457. The van der Waals surface area contributed by atoms with E-state index in [1.807, 2.05) is 0 Å². The number of carbonyl (C=O) groups excluding carboxylic acids is 1. The number of nitrogens with two attached hydrogens (primary N) is 1. The molecule has 17 heavy (non-hydrogen) atoms. The molecule has 6 heteroatoms. The molecular weight excluding hydrogens is 224 g/mol. The van der Waals surface area contributed by atoms with Crippen LogP contribution in [0.5, 0.6) is 17.2 Å². The van der Waals surface area contributed by atoms with E-state index in [4.69, 9.17) is 20.1 Å². The summed E-state index contributed by atoms with van der Waals surface area (Å²) in [6.07, 6.45) is 1.43. The van der Waals surface area contributed by atoms with Gasteiger partial charge in [0.1, 0.15) is 0 Å². The Bertz CT molecular complexity index is 418. The third-order valence-corrected chi connectivity index (χ3v) is 1.95. The Balaban J connectivity index is 3.30. The summed E-state index contributed by atoms with van der Waals surface area (Å²) in [5.74, 6) is 5.58. The van der Waals surface area contributed by atoms with Gasteiger partial charge in [-0.15, -0.1) is 0 Å². The Hall–Kier alpha value is -2.24. The Morgan fingerprint density at radius 2 is 1.82 bits per heavy atom. The molecular formula is C11H14N2O4. The molecule has 1 rings (SSSR count). The zero-order valence-corrected chi connectivity index (χ0v) is 9.89. The van der Waals surface area contributed by atoms with Crippen LogP contribution in [0.3, 0.4) is 0 Å². The fourth-order valence-corrected chi connectivity index (χ4v) is 1.31. The third kappa shape index (κ3) is 3.10. The second-order valence-corrected chi connectivity index (χ2v) is 3.13. The van der Waals surface area contributed by atoms with E-state index in [9.17, 15) is 4.79 Å². The Kier molecular flexibility index (Phi) is 4.33. The first-order valence-electron chi connectivity index (χ1n) is 4.80. The lowest BCUT2D eigenvalue weighted by molar-refractivity contribution is -0.132. The summed E-state index contributed by atoms with van der Waals surface area (Å²) < 4.78 is 15.3. The van der Waals surface area contributed by atoms with Crippen LogP contribution in [0.4, 0.5) is 0 Å². The van der Waals surface area contributed by atoms with Gasteiger partial charge in [-0.1, -0.05) is 0 Å². The molecule has 0 heterocycles. The molecule has 0 amide bonds. The summed E-state index contributed by atoms with van der Waals surface area (Å²) >= 11 is 0. The van der Waals surface area contributed by atoms with E-state index >= 15 is 0 Å². The Morgan fingerprint density at radius 1 is 1.29 bits per heavy atom. The predicted octanol–water partition coefficient (Wildman–Crippen LogP) is 0.922. The maximum Gasteiger partial charge on any atom is 0.308 e. The number of hydrogen-bond donors (Lipinski definition) is 1. The van der Waals surface area contributed by atoms with Crippen LogP contribution in [-0.4, -0.2) is 26.4 Å². The van der Waals surface area contributed by atoms with Gasteiger partial charge in [0, 0.05) is 12.5 Å². The highest BCUT2D eigenvalue weighted by molar-refractivity contribution is 5.83. The molecule has 1 aromatic carbocycles. The van der Waals surface area contributed by atoms with Crippen LogP contribution in [0.25, 0.3) is 0 Å². The summed E-state index contributed by atoms with van der Waals surface area (Å²) in [6.45, 7) is 1.30. The van der Waals surface area contributed by atoms with Crippen molar-refractivity contribution in [2.45, 2.75) is 6.92 Å². The zero-order valence-electron chi connectivity index (χ0n) is 9.89. The van der Waals surface area contributed by atoms with Crippen molar-refractivity contribution in [3.63, 3.8) is 0 Å². The monoisotopic (exact) mass is 238 g/mol. The van der Waals surface area contributed by atoms with E-state index < -0.39 is 5.97 Å². The van der Waals surface area contributed by atoms with Gasteiger partial charge in [0.25, 0.3) is 0 Å². The lowest BCUT2D eigenvalue weighted by atomic mass is 10.2.